The van der Waals surface area contributed by atoms with Gasteiger partial charge in [0.2, 0.25) is 0 Å². The maximum Gasteiger partial charge on any atom is 0.259 e. The first-order valence-corrected chi connectivity index (χ1v) is 12.5. The normalized spacial score (nSPS) is 11.3. The lowest BCUT2D eigenvalue weighted by atomic mass is 10.1. The summed E-state index contributed by atoms with van der Waals surface area (Å²) < 4.78 is 7.35. The fourth-order valence-electron chi connectivity index (χ4n) is 3.80. The molecule has 0 unspecified atom stereocenters. The molecule has 1 N–H and O–H groups in total. The fraction of sp³-hybridized carbons (Fsp3) is 0.200. The highest BCUT2D eigenvalue weighted by atomic mass is 32.2. The first-order chi connectivity index (χ1) is 16.4. The van der Waals surface area contributed by atoms with Crippen molar-refractivity contribution in [1.82, 2.24) is 24.7 Å². The highest BCUT2D eigenvalue weighted by Gasteiger charge is 2.18. The predicted molar refractivity (Wildman–Crippen MR) is 137 cm³/mol. The van der Waals surface area contributed by atoms with Crippen LogP contribution in [0.2, 0.25) is 0 Å². The van der Waals surface area contributed by atoms with Crippen molar-refractivity contribution in [1.29, 1.82) is 0 Å². The van der Waals surface area contributed by atoms with E-state index in [9.17, 15) is 4.79 Å². The molecule has 0 spiro atoms. The number of aromatic amines is 1. The van der Waals surface area contributed by atoms with Gasteiger partial charge in [-0.2, -0.15) is 0 Å². The standard InChI is InChI=1S/C25H23N5O2S2/c1-14-6-5-7-17(12-14)22-28-29-25(30(22)18-8-10-19(32-4)11-9-18)33-13-20-26-23(31)21-15(2)16(3)34-24(21)27-20/h5-12H,13H2,1-4H3,(H,26,27,31). The Balaban J connectivity index is 1.53. The molecule has 3 heterocycles. The second-order valence-electron chi connectivity index (χ2n) is 7.97. The maximum atomic E-state index is 12.7. The summed E-state index contributed by atoms with van der Waals surface area (Å²) >= 11 is 3.03. The number of fused-ring (bicyclic) bond motifs is 1. The number of benzene rings is 2. The fourth-order valence-corrected chi connectivity index (χ4v) is 5.67. The van der Waals surface area contributed by atoms with Crippen LogP contribution in [0, 0.1) is 20.8 Å². The van der Waals surface area contributed by atoms with Gasteiger partial charge in [-0.05, 0) is 56.7 Å². The van der Waals surface area contributed by atoms with E-state index in [0.29, 0.717) is 22.1 Å². The van der Waals surface area contributed by atoms with Crippen molar-refractivity contribution in [2.45, 2.75) is 31.7 Å². The Hall–Kier alpha value is -3.43. The van der Waals surface area contributed by atoms with Crippen molar-refractivity contribution >= 4 is 33.3 Å². The predicted octanol–water partition coefficient (Wildman–Crippen LogP) is 5.46. The Morgan fingerprint density at radius 3 is 2.62 bits per heavy atom. The van der Waals surface area contributed by atoms with Crippen LogP contribution >= 0.6 is 23.1 Å². The minimum atomic E-state index is -0.0977. The van der Waals surface area contributed by atoms with Crippen LogP contribution in [-0.4, -0.2) is 31.8 Å². The van der Waals surface area contributed by atoms with Gasteiger partial charge < -0.3 is 9.72 Å². The van der Waals surface area contributed by atoms with E-state index >= 15 is 0 Å². The van der Waals surface area contributed by atoms with Gasteiger partial charge in [0.15, 0.2) is 11.0 Å². The van der Waals surface area contributed by atoms with Gasteiger partial charge in [-0.25, -0.2) is 4.98 Å². The number of thiophene rings is 1. The van der Waals surface area contributed by atoms with Gasteiger partial charge in [-0.1, -0.05) is 35.5 Å². The third-order valence-electron chi connectivity index (χ3n) is 5.67. The monoisotopic (exact) mass is 489 g/mol. The van der Waals surface area contributed by atoms with Crippen LogP contribution in [0.5, 0.6) is 5.75 Å². The first-order valence-electron chi connectivity index (χ1n) is 10.7. The minimum Gasteiger partial charge on any atom is -0.497 e. The van der Waals surface area contributed by atoms with Crippen LogP contribution in [0.1, 0.15) is 21.8 Å². The summed E-state index contributed by atoms with van der Waals surface area (Å²) in [6.45, 7) is 6.03. The Kier molecular flexibility index (Phi) is 5.97. The molecule has 172 valence electrons. The molecule has 0 amide bonds. The minimum absolute atomic E-state index is 0.0977. The molecule has 0 aliphatic heterocycles. The average Bonchev–Trinajstić information content (AvgIpc) is 3.38. The van der Waals surface area contributed by atoms with Crippen molar-refractivity contribution in [2.75, 3.05) is 7.11 Å². The first kappa shape index (κ1) is 22.4. The molecule has 0 bridgehead atoms. The van der Waals surface area contributed by atoms with Crippen molar-refractivity contribution in [3.05, 3.63) is 80.7 Å². The Labute approximate surface area is 204 Å². The summed E-state index contributed by atoms with van der Waals surface area (Å²) in [5, 5.41) is 10.4. The van der Waals surface area contributed by atoms with Crippen LogP contribution in [0.25, 0.3) is 27.3 Å². The number of nitrogens with one attached hydrogen (secondary N) is 1. The molecule has 9 heteroatoms. The molecule has 0 aliphatic rings. The molecule has 0 fully saturated rings. The Bertz CT molecular complexity index is 1550. The molecular formula is C25H23N5O2S2. The number of ether oxygens (including phenoxy) is 1. The molecule has 0 saturated carbocycles. The Morgan fingerprint density at radius 2 is 1.88 bits per heavy atom. The van der Waals surface area contributed by atoms with E-state index in [-0.39, 0.29) is 5.56 Å². The lowest BCUT2D eigenvalue weighted by Crippen LogP contribution is -2.11. The molecular weight excluding hydrogens is 466 g/mol. The van der Waals surface area contributed by atoms with Crippen LogP contribution in [-0.2, 0) is 5.75 Å². The quantitative estimate of drug-likeness (QED) is 0.319. The molecule has 5 aromatic rings. The van der Waals surface area contributed by atoms with Crippen LogP contribution in [0.15, 0.2) is 58.5 Å². The number of hydrogen-bond acceptors (Lipinski definition) is 7. The largest absolute Gasteiger partial charge is 0.497 e. The third kappa shape index (κ3) is 4.12. The summed E-state index contributed by atoms with van der Waals surface area (Å²) in [4.78, 5) is 22.2. The van der Waals surface area contributed by atoms with Gasteiger partial charge in [0.05, 0.1) is 18.2 Å². The zero-order valence-corrected chi connectivity index (χ0v) is 20.9. The molecule has 0 aliphatic carbocycles. The molecule has 0 saturated heterocycles. The number of aryl methyl sites for hydroxylation is 3. The molecule has 0 radical (unpaired) electrons. The van der Waals surface area contributed by atoms with E-state index in [1.165, 1.54) is 11.8 Å². The summed E-state index contributed by atoms with van der Waals surface area (Å²) in [6.07, 6.45) is 0. The van der Waals surface area contributed by atoms with Crippen LogP contribution in [0.3, 0.4) is 0 Å². The zero-order chi connectivity index (χ0) is 23.8. The van der Waals surface area contributed by atoms with E-state index in [0.717, 1.165) is 43.7 Å². The lowest BCUT2D eigenvalue weighted by molar-refractivity contribution is 0.414. The number of thioether (sulfide) groups is 1. The van der Waals surface area contributed by atoms with Crippen molar-refractivity contribution in [2.24, 2.45) is 0 Å². The van der Waals surface area contributed by atoms with E-state index in [2.05, 4.69) is 34.2 Å². The second-order valence-corrected chi connectivity index (χ2v) is 10.1. The van der Waals surface area contributed by atoms with Gasteiger partial charge in [-0.15, -0.1) is 21.5 Å². The van der Waals surface area contributed by atoms with Gasteiger partial charge in [0.1, 0.15) is 16.4 Å². The van der Waals surface area contributed by atoms with E-state index in [4.69, 9.17) is 9.72 Å². The molecule has 3 aromatic heterocycles. The van der Waals surface area contributed by atoms with E-state index < -0.39 is 0 Å². The second kappa shape index (κ2) is 9.08. The number of aromatic nitrogens is 5. The maximum absolute atomic E-state index is 12.7. The summed E-state index contributed by atoms with van der Waals surface area (Å²) in [5.41, 5.74) is 3.95. The van der Waals surface area contributed by atoms with E-state index in [1.807, 2.05) is 54.8 Å². The lowest BCUT2D eigenvalue weighted by Gasteiger charge is -2.11. The number of methoxy groups -OCH3 is 1. The third-order valence-corrected chi connectivity index (χ3v) is 7.71. The average molecular weight is 490 g/mol. The molecule has 7 nitrogen and oxygen atoms in total. The van der Waals surface area contributed by atoms with Gasteiger partial charge >= 0.3 is 0 Å². The summed E-state index contributed by atoms with van der Waals surface area (Å²) in [5.74, 6) is 2.60. The van der Waals surface area contributed by atoms with Crippen LogP contribution in [0.4, 0.5) is 0 Å². The Morgan fingerprint density at radius 1 is 1.09 bits per heavy atom. The number of rotatable bonds is 6. The highest BCUT2D eigenvalue weighted by Crippen LogP contribution is 2.31. The van der Waals surface area contributed by atoms with Crippen molar-refractivity contribution in [3.63, 3.8) is 0 Å². The van der Waals surface area contributed by atoms with Gasteiger partial charge in [0.25, 0.3) is 5.56 Å². The SMILES string of the molecule is COc1ccc(-n2c(SCc3nc4sc(C)c(C)c4c(=O)[nH]3)nnc2-c2cccc(C)c2)cc1. The van der Waals surface area contributed by atoms with E-state index in [1.54, 1.807) is 18.4 Å². The summed E-state index contributed by atoms with van der Waals surface area (Å²) in [6, 6.07) is 16.0. The van der Waals surface area contributed by atoms with Crippen LogP contribution < -0.4 is 10.3 Å². The number of hydrogen-bond donors (Lipinski definition) is 1. The van der Waals surface area contributed by atoms with Crippen molar-refractivity contribution < 1.29 is 4.74 Å². The molecule has 2 aromatic carbocycles. The number of H-pyrrole nitrogens is 1. The molecule has 0 atom stereocenters. The zero-order valence-electron chi connectivity index (χ0n) is 19.2. The smallest absolute Gasteiger partial charge is 0.259 e. The number of nitrogens with zero attached hydrogens (tertiary/aromatic N) is 4. The van der Waals surface area contributed by atoms with Crippen molar-refractivity contribution in [3.8, 4) is 22.8 Å². The van der Waals surface area contributed by atoms with Gasteiger partial charge in [0, 0.05) is 16.1 Å². The molecule has 34 heavy (non-hydrogen) atoms. The summed E-state index contributed by atoms with van der Waals surface area (Å²) in [7, 11) is 1.65. The van der Waals surface area contributed by atoms with Gasteiger partial charge in [-0.3, -0.25) is 9.36 Å². The highest BCUT2D eigenvalue weighted by molar-refractivity contribution is 7.98. The molecule has 5 rings (SSSR count). The topological polar surface area (TPSA) is 85.7 Å².